The van der Waals surface area contributed by atoms with E-state index in [2.05, 4.69) is 67.8 Å². The number of rotatable bonds is 5. The fourth-order valence-electron chi connectivity index (χ4n) is 3.85. The van der Waals surface area contributed by atoms with Crippen molar-refractivity contribution in [3.05, 3.63) is 54.5 Å². The van der Waals surface area contributed by atoms with Crippen LogP contribution in [0.25, 0.3) is 11.0 Å². The van der Waals surface area contributed by atoms with Gasteiger partial charge in [-0.1, -0.05) is 18.2 Å². The SMILES string of the molecule is CCNC(=NCCn1c(C)nc2ccccc21)N1CCN(c2ccccn2)CC1. The van der Waals surface area contributed by atoms with E-state index < -0.39 is 0 Å². The van der Waals surface area contributed by atoms with Crippen LogP contribution in [-0.2, 0) is 6.54 Å². The number of hydrogen-bond donors (Lipinski definition) is 1. The average Bonchev–Trinajstić information content (AvgIpc) is 3.09. The number of fused-ring (bicyclic) bond motifs is 1. The second-order valence-corrected chi connectivity index (χ2v) is 7.20. The van der Waals surface area contributed by atoms with Crippen molar-refractivity contribution in [3.63, 3.8) is 0 Å². The maximum absolute atomic E-state index is 4.91. The Balaban J connectivity index is 1.40. The Kier molecular flexibility index (Phi) is 5.93. The minimum Gasteiger partial charge on any atom is -0.357 e. The number of piperazine rings is 1. The van der Waals surface area contributed by atoms with Gasteiger partial charge in [-0.25, -0.2) is 9.97 Å². The number of guanidine groups is 1. The molecule has 1 aliphatic rings. The molecule has 1 saturated heterocycles. The second kappa shape index (κ2) is 8.94. The van der Waals surface area contributed by atoms with Crippen LogP contribution in [0, 0.1) is 6.92 Å². The van der Waals surface area contributed by atoms with Crippen LogP contribution in [0.1, 0.15) is 12.7 Å². The molecule has 0 saturated carbocycles. The van der Waals surface area contributed by atoms with Crippen LogP contribution >= 0.6 is 0 Å². The quantitative estimate of drug-likeness (QED) is 0.535. The average molecular weight is 392 g/mol. The molecule has 7 nitrogen and oxygen atoms in total. The normalized spacial score (nSPS) is 15.2. The number of pyridine rings is 1. The van der Waals surface area contributed by atoms with Crippen molar-refractivity contribution in [3.8, 4) is 0 Å². The van der Waals surface area contributed by atoms with Gasteiger partial charge in [0.2, 0.25) is 0 Å². The highest BCUT2D eigenvalue weighted by atomic mass is 15.4. The third-order valence-electron chi connectivity index (χ3n) is 5.32. The fraction of sp³-hybridized carbons (Fsp3) is 0.409. The molecule has 0 amide bonds. The molecule has 0 spiro atoms. The molecule has 0 atom stereocenters. The molecule has 4 rings (SSSR count). The number of aromatic nitrogens is 3. The smallest absolute Gasteiger partial charge is 0.194 e. The molecule has 1 fully saturated rings. The zero-order valence-corrected chi connectivity index (χ0v) is 17.3. The van der Waals surface area contributed by atoms with Gasteiger partial charge < -0.3 is 19.7 Å². The summed E-state index contributed by atoms with van der Waals surface area (Å²) in [6.07, 6.45) is 1.86. The van der Waals surface area contributed by atoms with Gasteiger partial charge in [-0.3, -0.25) is 4.99 Å². The molecule has 3 aromatic rings. The van der Waals surface area contributed by atoms with E-state index in [4.69, 9.17) is 4.99 Å². The van der Waals surface area contributed by atoms with Crippen molar-refractivity contribution in [1.82, 2.24) is 24.8 Å². The molecule has 1 aliphatic heterocycles. The first kappa shape index (κ1) is 19.2. The summed E-state index contributed by atoms with van der Waals surface area (Å²) < 4.78 is 2.25. The first-order chi connectivity index (χ1) is 14.3. The van der Waals surface area contributed by atoms with Crippen molar-refractivity contribution in [2.24, 2.45) is 4.99 Å². The van der Waals surface area contributed by atoms with Crippen molar-refractivity contribution in [1.29, 1.82) is 0 Å². The molecule has 0 radical (unpaired) electrons. The summed E-state index contributed by atoms with van der Waals surface area (Å²) in [7, 11) is 0. The van der Waals surface area contributed by atoms with Gasteiger partial charge >= 0.3 is 0 Å². The van der Waals surface area contributed by atoms with Crippen LogP contribution in [0.5, 0.6) is 0 Å². The van der Waals surface area contributed by atoms with E-state index >= 15 is 0 Å². The summed E-state index contributed by atoms with van der Waals surface area (Å²) in [5, 5.41) is 3.46. The molecular formula is C22H29N7. The van der Waals surface area contributed by atoms with E-state index in [0.29, 0.717) is 0 Å². The minimum atomic E-state index is 0.726. The number of anilines is 1. The molecule has 7 heteroatoms. The lowest BCUT2D eigenvalue weighted by Crippen LogP contribution is -2.52. The molecule has 3 heterocycles. The van der Waals surface area contributed by atoms with E-state index in [1.165, 1.54) is 5.52 Å². The van der Waals surface area contributed by atoms with Gasteiger partial charge in [0.25, 0.3) is 0 Å². The highest BCUT2D eigenvalue weighted by molar-refractivity contribution is 5.80. The highest BCUT2D eigenvalue weighted by Gasteiger charge is 2.20. The molecule has 0 unspecified atom stereocenters. The zero-order valence-electron chi connectivity index (χ0n) is 17.3. The van der Waals surface area contributed by atoms with Crippen LogP contribution in [0.3, 0.4) is 0 Å². The van der Waals surface area contributed by atoms with Gasteiger partial charge in [0.15, 0.2) is 5.96 Å². The summed E-state index contributed by atoms with van der Waals surface area (Å²) in [5.41, 5.74) is 2.22. The monoisotopic (exact) mass is 391 g/mol. The molecule has 1 aromatic carbocycles. The van der Waals surface area contributed by atoms with E-state index in [9.17, 15) is 0 Å². The molecule has 29 heavy (non-hydrogen) atoms. The van der Waals surface area contributed by atoms with Crippen LogP contribution in [0.2, 0.25) is 0 Å². The molecule has 0 bridgehead atoms. The number of nitrogens with one attached hydrogen (secondary N) is 1. The largest absolute Gasteiger partial charge is 0.357 e. The first-order valence-corrected chi connectivity index (χ1v) is 10.4. The lowest BCUT2D eigenvalue weighted by atomic mass is 10.3. The Labute approximate surface area is 172 Å². The molecule has 1 N–H and O–H groups in total. The third kappa shape index (κ3) is 4.34. The van der Waals surface area contributed by atoms with Crippen molar-refractivity contribution in [2.75, 3.05) is 44.2 Å². The fourth-order valence-corrected chi connectivity index (χ4v) is 3.85. The first-order valence-electron chi connectivity index (χ1n) is 10.4. The van der Waals surface area contributed by atoms with Crippen LogP contribution < -0.4 is 10.2 Å². The standard InChI is InChI=1S/C22H29N7/c1-3-23-22(28-16-14-27(15-17-28)21-10-6-7-11-24-21)25-12-13-29-18(2)26-19-8-4-5-9-20(19)29/h4-11H,3,12-17H2,1-2H3,(H,23,25). The molecular weight excluding hydrogens is 362 g/mol. The summed E-state index contributed by atoms with van der Waals surface area (Å²) in [6.45, 7) is 10.4. The predicted molar refractivity (Wildman–Crippen MR) is 118 cm³/mol. The number of nitrogens with zero attached hydrogens (tertiary/aromatic N) is 6. The van der Waals surface area contributed by atoms with Crippen molar-refractivity contribution >= 4 is 22.8 Å². The summed E-state index contributed by atoms with van der Waals surface area (Å²) in [6, 6.07) is 14.4. The van der Waals surface area contributed by atoms with Gasteiger partial charge in [-0.2, -0.15) is 0 Å². The zero-order chi connectivity index (χ0) is 20.1. The number of para-hydroxylation sites is 2. The Bertz CT molecular complexity index is 956. The molecule has 152 valence electrons. The maximum Gasteiger partial charge on any atom is 0.194 e. The van der Waals surface area contributed by atoms with E-state index in [-0.39, 0.29) is 0 Å². The van der Waals surface area contributed by atoms with Crippen LogP contribution in [0.15, 0.2) is 53.7 Å². The van der Waals surface area contributed by atoms with Gasteiger partial charge in [-0.05, 0) is 38.1 Å². The van der Waals surface area contributed by atoms with Crippen molar-refractivity contribution in [2.45, 2.75) is 20.4 Å². The number of hydrogen-bond acceptors (Lipinski definition) is 4. The summed E-state index contributed by atoms with van der Waals surface area (Å²) in [5.74, 6) is 3.09. The highest BCUT2D eigenvalue weighted by Crippen LogP contribution is 2.15. The Morgan fingerprint density at radius 2 is 1.86 bits per heavy atom. The van der Waals surface area contributed by atoms with E-state index in [1.54, 1.807) is 0 Å². The Morgan fingerprint density at radius 1 is 1.07 bits per heavy atom. The summed E-state index contributed by atoms with van der Waals surface area (Å²) >= 11 is 0. The number of benzene rings is 1. The van der Waals surface area contributed by atoms with Crippen LogP contribution in [-0.4, -0.2) is 64.7 Å². The third-order valence-corrected chi connectivity index (χ3v) is 5.32. The van der Waals surface area contributed by atoms with Crippen molar-refractivity contribution < 1.29 is 0 Å². The van der Waals surface area contributed by atoms with Gasteiger partial charge in [-0.15, -0.1) is 0 Å². The van der Waals surface area contributed by atoms with E-state index in [0.717, 1.165) is 68.9 Å². The second-order valence-electron chi connectivity index (χ2n) is 7.20. The lowest BCUT2D eigenvalue weighted by molar-refractivity contribution is 0.371. The Hall–Kier alpha value is -3.09. The molecule has 0 aliphatic carbocycles. The Morgan fingerprint density at radius 3 is 2.62 bits per heavy atom. The summed E-state index contributed by atoms with van der Waals surface area (Å²) in [4.78, 5) is 18.7. The van der Waals surface area contributed by atoms with Crippen LogP contribution in [0.4, 0.5) is 5.82 Å². The number of imidazole rings is 1. The topological polar surface area (TPSA) is 61.6 Å². The predicted octanol–water partition coefficient (Wildman–Crippen LogP) is 2.53. The number of aliphatic imine (C=N–C) groups is 1. The lowest BCUT2D eigenvalue weighted by Gasteiger charge is -2.37. The van der Waals surface area contributed by atoms with E-state index in [1.807, 2.05) is 24.4 Å². The number of aryl methyl sites for hydroxylation is 1. The maximum atomic E-state index is 4.91. The van der Waals surface area contributed by atoms with Gasteiger partial charge in [0, 0.05) is 45.5 Å². The van der Waals surface area contributed by atoms with Gasteiger partial charge in [0.05, 0.1) is 17.6 Å². The van der Waals surface area contributed by atoms with Gasteiger partial charge in [0.1, 0.15) is 11.6 Å². The minimum absolute atomic E-state index is 0.726. The molecule has 2 aromatic heterocycles.